The molecule has 0 unspecified atom stereocenters. The van der Waals surface area contributed by atoms with Gasteiger partial charge >= 0.3 is 6.18 Å². The Morgan fingerprint density at radius 3 is 2.66 bits per heavy atom. The van der Waals surface area contributed by atoms with Gasteiger partial charge in [-0.15, -0.1) is 0 Å². The molecule has 168 valence electrons. The number of anilines is 1. The molecule has 0 aliphatic carbocycles. The summed E-state index contributed by atoms with van der Waals surface area (Å²) in [5.74, 6) is 0. The van der Waals surface area contributed by atoms with E-state index in [1.807, 2.05) is 30.3 Å². The van der Waals surface area contributed by atoms with Gasteiger partial charge in [0.2, 0.25) is 0 Å². The Kier molecular flexibility index (Phi) is 5.87. The number of rotatable bonds is 5. The van der Waals surface area contributed by atoms with Crippen molar-refractivity contribution < 1.29 is 18.1 Å². The number of nitrogens with zero attached hydrogens (tertiary/aromatic N) is 4. The number of fused-ring (bicyclic) bond motifs is 1. The lowest BCUT2D eigenvalue weighted by Crippen LogP contribution is -2.35. The molecule has 2 aromatic carbocycles. The number of likely N-dealkylation sites (tertiary alicyclic amines) is 1. The number of aromatic nitrogens is 1. The monoisotopic (exact) mass is 464 g/mol. The predicted octanol–water partition coefficient (Wildman–Crippen LogP) is 4.29. The molecular formula is C21H19F3N4O3S. The van der Waals surface area contributed by atoms with Gasteiger partial charge in [0.1, 0.15) is 4.70 Å². The normalized spacial score (nSPS) is 17.1. The average Bonchev–Trinajstić information content (AvgIpc) is 3.20. The Morgan fingerprint density at radius 1 is 1.28 bits per heavy atom. The minimum absolute atomic E-state index is 0.0211. The van der Waals surface area contributed by atoms with Crippen molar-refractivity contribution in [1.29, 1.82) is 0 Å². The molecule has 0 spiro atoms. The molecule has 2 heterocycles. The molecule has 11 heteroatoms. The first kappa shape index (κ1) is 22.2. The van der Waals surface area contributed by atoms with Crippen molar-refractivity contribution in [2.75, 3.05) is 25.0 Å². The third-order valence-corrected chi connectivity index (χ3v) is 6.76. The first-order valence-corrected chi connectivity index (χ1v) is 10.6. The van der Waals surface area contributed by atoms with Crippen LogP contribution < -0.4 is 10.5 Å². The lowest BCUT2D eigenvalue weighted by Gasteiger charge is -2.25. The van der Waals surface area contributed by atoms with Crippen LogP contribution in [-0.4, -0.2) is 41.0 Å². The summed E-state index contributed by atoms with van der Waals surface area (Å²) in [4.78, 5) is 31.1. The molecule has 1 aromatic heterocycles. The molecule has 7 nitrogen and oxygen atoms in total. The van der Waals surface area contributed by atoms with Gasteiger partial charge in [0, 0.05) is 38.8 Å². The summed E-state index contributed by atoms with van der Waals surface area (Å²) in [7, 11) is 1.75. The first-order chi connectivity index (χ1) is 15.1. The van der Waals surface area contributed by atoms with Crippen LogP contribution in [0.1, 0.15) is 17.5 Å². The van der Waals surface area contributed by atoms with Gasteiger partial charge in [0.25, 0.3) is 11.2 Å². The summed E-state index contributed by atoms with van der Waals surface area (Å²) >= 11 is 0.863. The molecule has 1 aliphatic heterocycles. The topological polar surface area (TPSA) is 79.6 Å². The van der Waals surface area contributed by atoms with E-state index in [9.17, 15) is 28.1 Å². The van der Waals surface area contributed by atoms with Crippen LogP contribution >= 0.6 is 11.3 Å². The second-order valence-corrected chi connectivity index (χ2v) is 8.68. The standard InChI is InChI=1S/C21H19F3N4O3S/c1-26(15-7-8-27(12-15)11-13-5-3-2-4-6-13)20-25-19(29)16-9-14(21(22,23)24)10-17(28(30)31)18(16)32-20/h2-6,9-10,15H,7-8,11-12H2,1H3/t15-/m0/s1. The highest BCUT2D eigenvalue weighted by Crippen LogP contribution is 2.38. The Morgan fingerprint density at radius 2 is 2.00 bits per heavy atom. The lowest BCUT2D eigenvalue weighted by molar-refractivity contribution is -0.383. The fourth-order valence-electron chi connectivity index (χ4n) is 3.86. The molecule has 1 saturated heterocycles. The van der Waals surface area contributed by atoms with Crippen molar-refractivity contribution in [3.63, 3.8) is 0 Å². The van der Waals surface area contributed by atoms with E-state index in [-0.39, 0.29) is 15.9 Å². The molecule has 0 radical (unpaired) electrons. The molecule has 0 amide bonds. The molecule has 1 atom stereocenters. The van der Waals surface area contributed by atoms with Gasteiger partial charge in [-0.3, -0.25) is 19.8 Å². The van der Waals surface area contributed by atoms with Crippen molar-refractivity contribution in [3.05, 3.63) is 74.1 Å². The zero-order valence-corrected chi connectivity index (χ0v) is 17.8. The van der Waals surface area contributed by atoms with Crippen molar-refractivity contribution in [1.82, 2.24) is 9.88 Å². The van der Waals surface area contributed by atoms with E-state index in [0.717, 1.165) is 30.8 Å². The summed E-state index contributed by atoms with van der Waals surface area (Å²) < 4.78 is 39.3. The minimum Gasteiger partial charge on any atom is -0.347 e. The summed E-state index contributed by atoms with van der Waals surface area (Å²) in [6.45, 7) is 2.32. The zero-order chi connectivity index (χ0) is 23.0. The molecule has 3 aromatic rings. The number of halogens is 3. The van der Waals surface area contributed by atoms with Crippen molar-refractivity contribution in [3.8, 4) is 0 Å². The number of likely N-dealkylation sites (N-methyl/N-ethyl adjacent to an activating group) is 1. The van der Waals surface area contributed by atoms with Crippen LogP contribution in [0.15, 0.2) is 47.3 Å². The van der Waals surface area contributed by atoms with E-state index in [1.165, 1.54) is 5.56 Å². The number of alkyl halides is 3. The van der Waals surface area contributed by atoms with Gasteiger partial charge in [-0.25, -0.2) is 0 Å². The minimum atomic E-state index is -4.81. The second-order valence-electron chi connectivity index (χ2n) is 7.70. The van der Waals surface area contributed by atoms with Gasteiger partial charge in [-0.05, 0) is 18.1 Å². The molecule has 4 rings (SSSR count). The highest BCUT2D eigenvalue weighted by atomic mass is 32.1. The summed E-state index contributed by atoms with van der Waals surface area (Å²) in [6.07, 6.45) is -4.00. The third-order valence-electron chi connectivity index (χ3n) is 5.56. The Hall–Kier alpha value is -3.05. The van der Waals surface area contributed by atoms with Gasteiger partial charge in [0.15, 0.2) is 5.13 Å². The number of benzene rings is 2. The first-order valence-electron chi connectivity index (χ1n) is 9.83. The molecule has 0 N–H and O–H groups in total. The van der Waals surface area contributed by atoms with Crippen LogP contribution in [0.4, 0.5) is 24.0 Å². The van der Waals surface area contributed by atoms with Crippen molar-refractivity contribution in [2.24, 2.45) is 0 Å². The fraction of sp³-hybridized carbons (Fsp3) is 0.333. The lowest BCUT2D eigenvalue weighted by atomic mass is 10.1. The molecule has 0 saturated carbocycles. The van der Waals surface area contributed by atoms with Crippen molar-refractivity contribution in [2.45, 2.75) is 25.2 Å². The Labute approximate surface area is 184 Å². The zero-order valence-electron chi connectivity index (χ0n) is 17.0. The van der Waals surface area contributed by atoms with E-state index in [2.05, 4.69) is 9.88 Å². The smallest absolute Gasteiger partial charge is 0.347 e. The van der Waals surface area contributed by atoms with E-state index in [1.54, 1.807) is 11.9 Å². The predicted molar refractivity (Wildman–Crippen MR) is 116 cm³/mol. The van der Waals surface area contributed by atoms with Gasteiger partial charge < -0.3 is 4.90 Å². The number of hydrogen-bond acceptors (Lipinski definition) is 7. The van der Waals surface area contributed by atoms with Crippen LogP contribution in [-0.2, 0) is 12.7 Å². The van der Waals surface area contributed by atoms with E-state index >= 15 is 0 Å². The maximum absolute atomic E-state index is 13.1. The molecule has 1 fully saturated rings. The largest absolute Gasteiger partial charge is 0.416 e. The van der Waals surface area contributed by atoms with Crippen molar-refractivity contribution >= 4 is 32.2 Å². The summed E-state index contributed by atoms with van der Waals surface area (Å²) in [5.41, 5.74) is -1.71. The van der Waals surface area contributed by atoms with Crippen LogP contribution in [0.5, 0.6) is 0 Å². The molecule has 1 aliphatic rings. The Balaban J connectivity index is 1.64. The van der Waals surface area contributed by atoms with Gasteiger partial charge in [-0.2, -0.15) is 18.2 Å². The maximum Gasteiger partial charge on any atom is 0.416 e. The highest BCUT2D eigenvalue weighted by molar-refractivity contribution is 7.22. The van der Waals surface area contributed by atoms with Crippen LogP contribution in [0.3, 0.4) is 0 Å². The molecule has 32 heavy (non-hydrogen) atoms. The molecular weight excluding hydrogens is 445 g/mol. The second kappa shape index (κ2) is 8.47. The third kappa shape index (κ3) is 4.44. The van der Waals surface area contributed by atoms with Crippen LogP contribution in [0.2, 0.25) is 0 Å². The number of hydrogen-bond donors (Lipinski definition) is 0. The molecule has 0 bridgehead atoms. The highest BCUT2D eigenvalue weighted by Gasteiger charge is 2.35. The van der Waals surface area contributed by atoms with E-state index < -0.39 is 33.3 Å². The van der Waals surface area contributed by atoms with Gasteiger partial charge in [-0.1, -0.05) is 41.7 Å². The number of nitro groups is 1. The summed E-state index contributed by atoms with van der Waals surface area (Å²) in [6, 6.07) is 11.1. The van der Waals surface area contributed by atoms with Gasteiger partial charge in [0.05, 0.1) is 15.9 Å². The summed E-state index contributed by atoms with van der Waals surface area (Å²) in [5, 5.41) is 11.3. The van der Waals surface area contributed by atoms with Crippen LogP contribution in [0, 0.1) is 10.1 Å². The number of non-ortho nitro benzene ring substituents is 1. The average molecular weight is 464 g/mol. The fourth-order valence-corrected chi connectivity index (χ4v) is 4.96. The van der Waals surface area contributed by atoms with E-state index in [0.29, 0.717) is 18.7 Å². The Bertz CT molecular complexity index is 1220. The number of nitro benzene ring substituents is 1. The van der Waals surface area contributed by atoms with E-state index in [4.69, 9.17) is 0 Å². The maximum atomic E-state index is 13.1. The van der Waals surface area contributed by atoms with Crippen LogP contribution in [0.25, 0.3) is 10.1 Å². The SMILES string of the molecule is CN(c1nc(=O)c2cc(C(F)(F)F)cc([N+](=O)[O-])c2s1)[C@H]1CCN(Cc2ccccc2)C1. The quantitative estimate of drug-likeness (QED) is 0.414.